The first-order chi connectivity index (χ1) is 9.89. The predicted octanol–water partition coefficient (Wildman–Crippen LogP) is 1.29. The topological polar surface area (TPSA) is 83.9 Å². The van der Waals surface area contributed by atoms with Crippen LogP contribution in [0.5, 0.6) is 0 Å². The summed E-state index contributed by atoms with van der Waals surface area (Å²) in [6, 6.07) is -0.219. The number of sulfonamides is 1. The van der Waals surface area contributed by atoms with Crippen molar-refractivity contribution in [3.05, 3.63) is 29.6 Å². The Kier molecular flexibility index (Phi) is 3.37. The molecular formula is C13H19N5O2S. The van der Waals surface area contributed by atoms with E-state index in [2.05, 4.69) is 15.1 Å². The third-order valence-corrected chi connectivity index (χ3v) is 5.81. The molecule has 1 aliphatic rings. The second kappa shape index (κ2) is 4.96. The first-order valence-electron chi connectivity index (χ1n) is 6.93. The fourth-order valence-corrected chi connectivity index (χ4v) is 4.72. The Morgan fingerprint density at radius 1 is 1.38 bits per heavy atom. The van der Waals surface area contributed by atoms with E-state index in [1.54, 1.807) is 26.4 Å². The van der Waals surface area contributed by atoms with Gasteiger partial charge in [-0.1, -0.05) is 0 Å². The van der Waals surface area contributed by atoms with Gasteiger partial charge in [0.25, 0.3) is 0 Å². The van der Waals surface area contributed by atoms with Gasteiger partial charge in [-0.05, 0) is 26.7 Å². The minimum Gasteiger partial charge on any atom is -0.345 e. The van der Waals surface area contributed by atoms with E-state index in [1.165, 1.54) is 8.99 Å². The minimum atomic E-state index is -3.55. The average molecular weight is 309 g/mol. The second-order valence-corrected chi connectivity index (χ2v) is 7.34. The Labute approximate surface area is 124 Å². The number of aromatic amines is 1. The molecule has 1 saturated heterocycles. The Morgan fingerprint density at radius 2 is 2.14 bits per heavy atom. The van der Waals surface area contributed by atoms with Crippen molar-refractivity contribution in [2.75, 3.05) is 6.54 Å². The quantitative estimate of drug-likeness (QED) is 0.926. The van der Waals surface area contributed by atoms with Gasteiger partial charge in [0.2, 0.25) is 10.0 Å². The van der Waals surface area contributed by atoms with Crippen LogP contribution in [0.15, 0.2) is 17.3 Å². The average Bonchev–Trinajstić information content (AvgIpc) is 3.08. The molecule has 2 aromatic rings. The summed E-state index contributed by atoms with van der Waals surface area (Å²) in [5.74, 6) is 0.718. The molecule has 3 rings (SSSR count). The van der Waals surface area contributed by atoms with Crippen LogP contribution in [0.3, 0.4) is 0 Å². The van der Waals surface area contributed by atoms with Gasteiger partial charge in [-0.2, -0.15) is 9.40 Å². The van der Waals surface area contributed by atoms with E-state index in [1.807, 2.05) is 6.92 Å². The van der Waals surface area contributed by atoms with E-state index < -0.39 is 10.0 Å². The maximum Gasteiger partial charge on any atom is 0.247 e. The van der Waals surface area contributed by atoms with Crippen LogP contribution in [0.25, 0.3) is 0 Å². The van der Waals surface area contributed by atoms with Crippen LogP contribution in [0.4, 0.5) is 0 Å². The van der Waals surface area contributed by atoms with Crippen molar-refractivity contribution < 1.29 is 8.42 Å². The van der Waals surface area contributed by atoms with Gasteiger partial charge in [0.15, 0.2) is 0 Å². The predicted molar refractivity (Wildman–Crippen MR) is 77.1 cm³/mol. The smallest absolute Gasteiger partial charge is 0.247 e. The molecule has 0 spiro atoms. The Morgan fingerprint density at radius 3 is 2.71 bits per heavy atom. The Bertz CT molecular complexity index is 761. The van der Waals surface area contributed by atoms with Crippen molar-refractivity contribution in [2.45, 2.75) is 37.6 Å². The molecule has 2 aromatic heterocycles. The van der Waals surface area contributed by atoms with Gasteiger partial charge in [-0.3, -0.25) is 4.68 Å². The van der Waals surface area contributed by atoms with E-state index >= 15 is 0 Å². The van der Waals surface area contributed by atoms with Gasteiger partial charge in [0.05, 0.1) is 11.7 Å². The Balaban J connectivity index is 2.00. The lowest BCUT2D eigenvalue weighted by Crippen LogP contribution is -2.31. The van der Waals surface area contributed by atoms with Gasteiger partial charge >= 0.3 is 0 Å². The highest BCUT2D eigenvalue weighted by Gasteiger charge is 2.39. The van der Waals surface area contributed by atoms with Crippen molar-refractivity contribution in [1.82, 2.24) is 24.1 Å². The summed E-state index contributed by atoms with van der Waals surface area (Å²) >= 11 is 0. The molecule has 0 amide bonds. The summed E-state index contributed by atoms with van der Waals surface area (Å²) in [5.41, 5.74) is 1.46. The fraction of sp³-hybridized carbons (Fsp3) is 0.538. The molecule has 3 heterocycles. The number of nitrogens with zero attached hydrogens (tertiary/aromatic N) is 4. The van der Waals surface area contributed by atoms with Gasteiger partial charge in [0, 0.05) is 31.7 Å². The second-order valence-electron chi connectivity index (χ2n) is 5.48. The molecule has 0 aromatic carbocycles. The lowest BCUT2D eigenvalue weighted by molar-refractivity contribution is 0.384. The highest BCUT2D eigenvalue weighted by molar-refractivity contribution is 7.89. The number of H-pyrrole nitrogens is 1. The number of imidazole rings is 1. The van der Waals surface area contributed by atoms with Crippen molar-refractivity contribution >= 4 is 10.0 Å². The standard InChI is InChI=1S/C13H19N5O2S/c1-9-7-14-13(15-9)11-5-4-6-18(11)21(19,20)12-8-17(3)16-10(12)2/h7-8,11H,4-6H2,1-3H3,(H,14,15)/t11-/m1/s1. The van der Waals surface area contributed by atoms with Gasteiger partial charge in [0.1, 0.15) is 10.7 Å². The fourth-order valence-electron chi connectivity index (χ4n) is 2.86. The molecule has 7 nitrogen and oxygen atoms in total. The number of aromatic nitrogens is 4. The summed E-state index contributed by atoms with van der Waals surface area (Å²) < 4.78 is 28.8. The van der Waals surface area contributed by atoms with Crippen molar-refractivity contribution in [3.63, 3.8) is 0 Å². The zero-order chi connectivity index (χ0) is 15.2. The third-order valence-electron chi connectivity index (χ3n) is 3.80. The summed E-state index contributed by atoms with van der Waals surface area (Å²) in [6.07, 6.45) is 4.91. The van der Waals surface area contributed by atoms with E-state index in [0.29, 0.717) is 12.2 Å². The van der Waals surface area contributed by atoms with Gasteiger partial charge in [-0.15, -0.1) is 0 Å². The molecule has 1 atom stereocenters. The third kappa shape index (κ3) is 2.38. The number of aryl methyl sites for hydroxylation is 3. The van der Waals surface area contributed by atoms with Crippen LogP contribution < -0.4 is 0 Å². The highest BCUT2D eigenvalue weighted by Crippen LogP contribution is 2.35. The molecule has 114 valence electrons. The molecule has 0 saturated carbocycles. The molecular weight excluding hydrogens is 290 g/mol. The van der Waals surface area contributed by atoms with E-state index in [0.717, 1.165) is 24.4 Å². The number of hydrogen-bond donors (Lipinski definition) is 1. The van der Waals surface area contributed by atoms with E-state index in [4.69, 9.17) is 0 Å². The molecule has 0 aliphatic carbocycles. The number of nitrogens with one attached hydrogen (secondary N) is 1. The summed E-state index contributed by atoms with van der Waals surface area (Å²) in [7, 11) is -1.82. The molecule has 0 radical (unpaired) electrons. The summed E-state index contributed by atoms with van der Waals surface area (Å²) in [6.45, 7) is 4.14. The van der Waals surface area contributed by atoms with Crippen molar-refractivity contribution in [1.29, 1.82) is 0 Å². The van der Waals surface area contributed by atoms with Crippen molar-refractivity contribution in [2.24, 2.45) is 7.05 Å². The molecule has 1 fully saturated rings. The molecule has 8 heteroatoms. The summed E-state index contributed by atoms with van der Waals surface area (Å²) in [5, 5.41) is 4.14. The van der Waals surface area contributed by atoms with Crippen LogP contribution >= 0.6 is 0 Å². The van der Waals surface area contributed by atoms with Crippen LogP contribution in [0, 0.1) is 13.8 Å². The van der Waals surface area contributed by atoms with Gasteiger partial charge in [-0.25, -0.2) is 13.4 Å². The monoisotopic (exact) mass is 309 g/mol. The van der Waals surface area contributed by atoms with Crippen LogP contribution in [-0.4, -0.2) is 39.0 Å². The SMILES string of the molecule is Cc1cnc([C@H]2CCCN2S(=O)(=O)c2cn(C)nc2C)[nH]1. The zero-order valence-electron chi connectivity index (χ0n) is 12.4. The van der Waals surface area contributed by atoms with Crippen LogP contribution in [0.2, 0.25) is 0 Å². The first kappa shape index (κ1) is 14.3. The molecule has 1 aliphatic heterocycles. The number of hydrogen-bond acceptors (Lipinski definition) is 4. The molecule has 1 N–H and O–H groups in total. The maximum absolute atomic E-state index is 12.9. The number of rotatable bonds is 3. The zero-order valence-corrected chi connectivity index (χ0v) is 13.2. The highest BCUT2D eigenvalue weighted by atomic mass is 32.2. The van der Waals surface area contributed by atoms with E-state index in [9.17, 15) is 8.42 Å². The first-order valence-corrected chi connectivity index (χ1v) is 8.37. The lowest BCUT2D eigenvalue weighted by Gasteiger charge is -2.22. The largest absolute Gasteiger partial charge is 0.345 e. The van der Waals surface area contributed by atoms with Crippen LogP contribution in [0.1, 0.15) is 36.1 Å². The normalized spacial score (nSPS) is 20.2. The van der Waals surface area contributed by atoms with Crippen molar-refractivity contribution in [3.8, 4) is 0 Å². The van der Waals surface area contributed by atoms with Gasteiger partial charge < -0.3 is 4.98 Å². The molecule has 0 bridgehead atoms. The van der Waals surface area contributed by atoms with E-state index in [-0.39, 0.29) is 10.9 Å². The summed E-state index contributed by atoms with van der Waals surface area (Å²) in [4.78, 5) is 7.73. The maximum atomic E-state index is 12.9. The lowest BCUT2D eigenvalue weighted by atomic mass is 10.2. The molecule has 21 heavy (non-hydrogen) atoms. The minimum absolute atomic E-state index is 0.219. The van der Waals surface area contributed by atoms with Crippen LogP contribution in [-0.2, 0) is 17.1 Å². The molecule has 0 unspecified atom stereocenters. The Hall–Kier alpha value is -1.67.